The van der Waals surface area contributed by atoms with Crippen molar-refractivity contribution >= 4 is 29.0 Å². The second kappa shape index (κ2) is 8.55. The lowest BCUT2D eigenvalue weighted by Gasteiger charge is -2.30. The van der Waals surface area contributed by atoms with E-state index >= 15 is 0 Å². The number of hydrogen-bond donors (Lipinski definition) is 2. The molecular formula is C21H20ClF3N4O. The van der Waals surface area contributed by atoms with Gasteiger partial charge in [-0.05, 0) is 56.0 Å². The van der Waals surface area contributed by atoms with Crippen LogP contribution in [0.25, 0.3) is 5.65 Å². The second-order valence-corrected chi connectivity index (χ2v) is 7.80. The van der Waals surface area contributed by atoms with E-state index in [9.17, 15) is 18.0 Å². The van der Waals surface area contributed by atoms with Crippen LogP contribution in [0.4, 0.5) is 19.0 Å². The Hall–Kier alpha value is -2.74. The Morgan fingerprint density at radius 2 is 1.87 bits per heavy atom. The fourth-order valence-electron chi connectivity index (χ4n) is 3.78. The quantitative estimate of drug-likeness (QED) is 0.576. The lowest BCUT2D eigenvalue weighted by Crippen LogP contribution is -2.40. The van der Waals surface area contributed by atoms with Crippen molar-refractivity contribution in [2.45, 2.75) is 44.2 Å². The standard InChI is InChI=1S/C21H20ClF3N4O/c22-16-10-12(23)4-9-15(16)21(30)27-14-7-5-13(6-8-14)26-18-2-1-3-19-28-17(20(24)25)11-29(18)19/h1-4,9-11,13-14,20,26H,5-8H2,(H,27,30). The fourth-order valence-corrected chi connectivity index (χ4v) is 4.03. The number of rotatable bonds is 5. The van der Waals surface area contributed by atoms with E-state index < -0.39 is 12.2 Å². The zero-order valence-electron chi connectivity index (χ0n) is 15.9. The Morgan fingerprint density at radius 3 is 2.57 bits per heavy atom. The van der Waals surface area contributed by atoms with E-state index in [4.69, 9.17) is 11.6 Å². The molecule has 2 aromatic heterocycles. The van der Waals surface area contributed by atoms with Gasteiger partial charge in [0.25, 0.3) is 12.3 Å². The first kappa shape index (κ1) is 20.5. The number of carbonyl (C=O) groups excluding carboxylic acids is 1. The first-order valence-corrected chi connectivity index (χ1v) is 10.1. The number of benzene rings is 1. The number of fused-ring (bicyclic) bond motifs is 1. The maximum absolute atomic E-state index is 13.2. The van der Waals surface area contributed by atoms with E-state index in [0.717, 1.165) is 31.7 Å². The van der Waals surface area contributed by atoms with E-state index in [0.29, 0.717) is 11.5 Å². The smallest absolute Gasteiger partial charge is 0.281 e. The molecule has 1 aromatic carbocycles. The van der Waals surface area contributed by atoms with E-state index in [1.807, 2.05) is 6.07 Å². The van der Waals surface area contributed by atoms with Gasteiger partial charge >= 0.3 is 0 Å². The summed E-state index contributed by atoms with van der Waals surface area (Å²) in [4.78, 5) is 16.4. The van der Waals surface area contributed by atoms with Crippen molar-refractivity contribution in [1.82, 2.24) is 14.7 Å². The molecule has 1 aliphatic rings. The summed E-state index contributed by atoms with van der Waals surface area (Å²) in [6.45, 7) is 0. The van der Waals surface area contributed by atoms with E-state index in [-0.39, 0.29) is 34.3 Å². The van der Waals surface area contributed by atoms with Crippen molar-refractivity contribution in [3.8, 4) is 0 Å². The molecule has 1 fully saturated rings. The molecule has 5 nitrogen and oxygen atoms in total. The molecule has 0 unspecified atom stereocenters. The van der Waals surface area contributed by atoms with Gasteiger partial charge in [-0.3, -0.25) is 9.20 Å². The van der Waals surface area contributed by atoms with Crippen LogP contribution in [0, 0.1) is 5.82 Å². The lowest BCUT2D eigenvalue weighted by molar-refractivity contribution is 0.0926. The minimum absolute atomic E-state index is 0.00820. The van der Waals surface area contributed by atoms with Crippen LogP contribution in [0.15, 0.2) is 42.6 Å². The van der Waals surface area contributed by atoms with Crippen molar-refractivity contribution in [3.63, 3.8) is 0 Å². The first-order valence-electron chi connectivity index (χ1n) is 9.69. The molecule has 1 saturated carbocycles. The topological polar surface area (TPSA) is 58.4 Å². The summed E-state index contributed by atoms with van der Waals surface area (Å²) >= 11 is 5.96. The Morgan fingerprint density at radius 1 is 1.13 bits per heavy atom. The van der Waals surface area contributed by atoms with Crippen LogP contribution in [-0.4, -0.2) is 27.4 Å². The van der Waals surface area contributed by atoms with Crippen molar-refractivity contribution in [2.75, 3.05) is 5.32 Å². The molecule has 0 aliphatic heterocycles. The molecule has 0 saturated heterocycles. The Kier molecular flexibility index (Phi) is 5.85. The van der Waals surface area contributed by atoms with Gasteiger partial charge in [-0.15, -0.1) is 0 Å². The highest BCUT2D eigenvalue weighted by Crippen LogP contribution is 2.26. The molecular weight excluding hydrogens is 417 g/mol. The monoisotopic (exact) mass is 436 g/mol. The third-order valence-corrected chi connectivity index (χ3v) is 5.64. The molecule has 0 bridgehead atoms. The third-order valence-electron chi connectivity index (χ3n) is 5.32. The SMILES string of the molecule is O=C(NC1CCC(Nc2cccc3nc(C(F)F)cn23)CC1)c1ccc(F)cc1Cl. The minimum atomic E-state index is -2.62. The van der Waals surface area contributed by atoms with Crippen LogP contribution in [0.5, 0.6) is 0 Å². The molecule has 0 radical (unpaired) electrons. The van der Waals surface area contributed by atoms with Crippen LogP contribution >= 0.6 is 11.6 Å². The Bertz CT molecular complexity index is 1060. The molecule has 9 heteroatoms. The molecule has 158 valence electrons. The number of alkyl halides is 2. The number of nitrogens with zero attached hydrogens (tertiary/aromatic N) is 2. The molecule has 30 heavy (non-hydrogen) atoms. The first-order chi connectivity index (χ1) is 14.4. The maximum Gasteiger partial charge on any atom is 0.281 e. The van der Waals surface area contributed by atoms with Crippen molar-refractivity contribution in [1.29, 1.82) is 0 Å². The molecule has 0 spiro atoms. The number of pyridine rings is 1. The average Bonchev–Trinajstić information content (AvgIpc) is 3.15. The summed E-state index contributed by atoms with van der Waals surface area (Å²) in [6, 6.07) is 9.13. The van der Waals surface area contributed by atoms with E-state index in [1.165, 1.54) is 18.3 Å². The van der Waals surface area contributed by atoms with Gasteiger partial charge in [0.1, 0.15) is 23.0 Å². The number of aromatic nitrogens is 2. The summed E-state index contributed by atoms with van der Waals surface area (Å²) in [5.74, 6) is -0.103. The van der Waals surface area contributed by atoms with Crippen LogP contribution in [-0.2, 0) is 0 Å². The van der Waals surface area contributed by atoms with Crippen molar-refractivity contribution in [2.24, 2.45) is 0 Å². The number of amides is 1. The summed E-state index contributed by atoms with van der Waals surface area (Å²) in [7, 11) is 0. The lowest BCUT2D eigenvalue weighted by atomic mass is 9.91. The number of carbonyl (C=O) groups is 1. The summed E-state index contributed by atoms with van der Waals surface area (Å²) < 4.78 is 40.7. The van der Waals surface area contributed by atoms with Crippen LogP contribution < -0.4 is 10.6 Å². The Labute approximate surface area is 176 Å². The second-order valence-electron chi connectivity index (χ2n) is 7.40. The van der Waals surface area contributed by atoms with Gasteiger partial charge in [-0.25, -0.2) is 18.2 Å². The highest BCUT2D eigenvalue weighted by atomic mass is 35.5. The van der Waals surface area contributed by atoms with Gasteiger partial charge in [-0.2, -0.15) is 0 Å². The molecule has 1 amide bonds. The fraction of sp³-hybridized carbons (Fsp3) is 0.333. The minimum Gasteiger partial charge on any atom is -0.368 e. The van der Waals surface area contributed by atoms with Gasteiger partial charge in [0.15, 0.2) is 0 Å². The van der Waals surface area contributed by atoms with Crippen molar-refractivity contribution in [3.05, 3.63) is 64.7 Å². The molecule has 2 heterocycles. The number of nitrogens with one attached hydrogen (secondary N) is 2. The number of hydrogen-bond acceptors (Lipinski definition) is 3. The van der Waals surface area contributed by atoms with Gasteiger partial charge in [0.05, 0.1) is 10.6 Å². The Balaban J connectivity index is 1.36. The van der Waals surface area contributed by atoms with Gasteiger partial charge in [-0.1, -0.05) is 17.7 Å². The predicted molar refractivity (Wildman–Crippen MR) is 109 cm³/mol. The molecule has 1 aliphatic carbocycles. The molecule has 0 atom stereocenters. The predicted octanol–water partition coefficient (Wildman–Crippen LogP) is 5.22. The summed E-state index contributed by atoms with van der Waals surface area (Å²) in [5, 5.41) is 6.44. The highest BCUT2D eigenvalue weighted by molar-refractivity contribution is 6.33. The third kappa shape index (κ3) is 4.38. The van der Waals surface area contributed by atoms with Crippen molar-refractivity contribution < 1.29 is 18.0 Å². The zero-order chi connectivity index (χ0) is 21.3. The van der Waals surface area contributed by atoms with E-state index in [1.54, 1.807) is 16.5 Å². The van der Waals surface area contributed by atoms with Gasteiger partial charge < -0.3 is 10.6 Å². The average molecular weight is 437 g/mol. The van der Waals surface area contributed by atoms with Gasteiger partial charge in [0.2, 0.25) is 0 Å². The molecule has 4 rings (SSSR count). The summed E-state index contributed by atoms with van der Waals surface area (Å²) in [5.41, 5.74) is 0.461. The zero-order valence-corrected chi connectivity index (χ0v) is 16.7. The van der Waals surface area contributed by atoms with E-state index in [2.05, 4.69) is 15.6 Å². The van der Waals surface area contributed by atoms with Gasteiger partial charge in [0, 0.05) is 18.3 Å². The maximum atomic E-state index is 13.2. The van der Waals surface area contributed by atoms with Crippen LogP contribution in [0.3, 0.4) is 0 Å². The molecule has 2 N–H and O–H groups in total. The number of halogens is 4. The van der Waals surface area contributed by atoms with Crippen LogP contribution in [0.1, 0.15) is 48.2 Å². The highest BCUT2D eigenvalue weighted by Gasteiger charge is 2.24. The normalized spacial score (nSPS) is 19.2. The van der Waals surface area contributed by atoms with Crippen LogP contribution in [0.2, 0.25) is 5.02 Å². The summed E-state index contributed by atoms with van der Waals surface area (Å²) in [6.07, 6.45) is 1.84. The number of imidazole rings is 1. The molecule has 3 aromatic rings. The largest absolute Gasteiger partial charge is 0.368 e. The number of anilines is 1.